The number of amides is 1. The molecule has 1 saturated heterocycles. The fraction of sp³-hybridized carbons (Fsp3) is 0.357. The highest BCUT2D eigenvalue weighted by Gasteiger charge is 2.38. The van der Waals surface area contributed by atoms with Crippen LogP contribution in [0.15, 0.2) is 29.3 Å². The number of hydrogen-bond donors (Lipinski definition) is 1. The number of para-hydroxylation sites is 1. The molecule has 23 heavy (non-hydrogen) atoms. The van der Waals surface area contributed by atoms with Crippen LogP contribution in [-0.4, -0.2) is 28.9 Å². The van der Waals surface area contributed by atoms with Crippen LogP contribution in [0.25, 0.3) is 0 Å². The number of alkyl halides is 3. The first-order valence-electron chi connectivity index (χ1n) is 6.72. The summed E-state index contributed by atoms with van der Waals surface area (Å²) in [4.78, 5) is 27.2. The first kappa shape index (κ1) is 17.3. The highest BCUT2D eigenvalue weighted by atomic mass is 32.2. The van der Waals surface area contributed by atoms with Gasteiger partial charge in [0.15, 0.2) is 10.4 Å². The van der Waals surface area contributed by atoms with Crippen LogP contribution in [0.5, 0.6) is 0 Å². The molecule has 1 aliphatic heterocycles. The smallest absolute Gasteiger partial charge is 0.418 e. The Hall–Kier alpha value is -2.03. The van der Waals surface area contributed by atoms with Gasteiger partial charge in [0.2, 0.25) is 0 Å². The van der Waals surface area contributed by atoms with Gasteiger partial charge in [-0.2, -0.15) is 13.2 Å². The monoisotopic (exact) mass is 346 g/mol. The maximum Gasteiger partial charge on any atom is 0.418 e. The van der Waals surface area contributed by atoms with E-state index in [1.165, 1.54) is 18.2 Å². The van der Waals surface area contributed by atoms with Gasteiger partial charge in [-0.25, -0.2) is 4.99 Å². The van der Waals surface area contributed by atoms with E-state index in [-0.39, 0.29) is 17.5 Å². The number of benzene rings is 1. The maximum absolute atomic E-state index is 12.9. The highest BCUT2D eigenvalue weighted by molar-refractivity contribution is 8.16. The molecular formula is C14H13F3N2O3S. The molecule has 0 saturated carbocycles. The molecule has 1 aromatic rings. The average molecular weight is 346 g/mol. The quantitative estimate of drug-likeness (QED) is 0.672. The van der Waals surface area contributed by atoms with Crippen molar-refractivity contribution in [2.24, 2.45) is 4.99 Å². The number of halogens is 3. The third-order valence-electron chi connectivity index (χ3n) is 2.79. The summed E-state index contributed by atoms with van der Waals surface area (Å²) in [5, 5.41) is 1.08. The third-order valence-corrected chi connectivity index (χ3v) is 3.85. The number of aliphatic imine (C=N–C) groups is 1. The number of nitrogens with zero attached hydrogens (tertiary/aromatic N) is 1. The molecule has 0 spiro atoms. The van der Waals surface area contributed by atoms with Crippen molar-refractivity contribution in [3.63, 3.8) is 0 Å². The van der Waals surface area contributed by atoms with Crippen molar-refractivity contribution in [2.45, 2.75) is 24.8 Å². The number of thioether (sulfide) groups is 1. The Bertz CT molecular complexity index is 646. The number of rotatable bonds is 4. The minimum absolute atomic E-state index is 0.0647. The van der Waals surface area contributed by atoms with E-state index in [4.69, 9.17) is 4.74 Å². The lowest BCUT2D eigenvalue weighted by Gasteiger charge is -2.09. The summed E-state index contributed by atoms with van der Waals surface area (Å²) in [5.74, 6) is -1.39. The molecule has 1 fully saturated rings. The number of hydrogen-bond acceptors (Lipinski definition) is 5. The van der Waals surface area contributed by atoms with Gasteiger partial charge in [0.05, 0.1) is 17.9 Å². The summed E-state index contributed by atoms with van der Waals surface area (Å²) >= 11 is 0.739. The van der Waals surface area contributed by atoms with Gasteiger partial charge in [-0.15, -0.1) is 0 Å². The molecule has 0 aromatic heterocycles. The van der Waals surface area contributed by atoms with Crippen molar-refractivity contribution in [1.82, 2.24) is 5.32 Å². The van der Waals surface area contributed by atoms with E-state index in [9.17, 15) is 22.8 Å². The zero-order valence-corrected chi connectivity index (χ0v) is 12.8. The maximum atomic E-state index is 12.9. The summed E-state index contributed by atoms with van der Waals surface area (Å²) in [6.45, 7) is 1.97. The van der Waals surface area contributed by atoms with Crippen LogP contribution < -0.4 is 5.32 Å². The summed E-state index contributed by atoms with van der Waals surface area (Å²) in [7, 11) is 0. The van der Waals surface area contributed by atoms with E-state index in [0.717, 1.165) is 17.8 Å². The molecule has 1 atom stereocenters. The predicted octanol–water partition coefficient (Wildman–Crippen LogP) is 2.88. The summed E-state index contributed by atoms with van der Waals surface area (Å²) in [6.07, 6.45) is -3.96. The minimum atomic E-state index is -4.56. The Balaban J connectivity index is 2.20. The molecule has 5 nitrogen and oxygen atoms in total. The number of amidine groups is 1. The second-order valence-corrected chi connectivity index (χ2v) is 5.68. The lowest BCUT2D eigenvalue weighted by atomic mass is 10.2. The normalized spacial score (nSPS) is 19.7. The highest BCUT2D eigenvalue weighted by Crippen LogP contribution is 2.37. The van der Waals surface area contributed by atoms with Gasteiger partial charge < -0.3 is 10.1 Å². The lowest BCUT2D eigenvalue weighted by molar-refractivity contribution is -0.145. The Labute approximate surface area is 134 Å². The fourth-order valence-electron chi connectivity index (χ4n) is 1.77. The van der Waals surface area contributed by atoms with Gasteiger partial charge in [0.1, 0.15) is 0 Å². The van der Waals surface area contributed by atoms with Crippen molar-refractivity contribution in [3.05, 3.63) is 29.8 Å². The van der Waals surface area contributed by atoms with Crippen LogP contribution in [0.1, 0.15) is 18.9 Å². The molecule has 0 radical (unpaired) electrons. The Kier molecular flexibility index (Phi) is 5.30. The van der Waals surface area contributed by atoms with E-state index in [0.29, 0.717) is 6.42 Å². The molecule has 2 rings (SSSR count). The molecular weight excluding hydrogens is 333 g/mol. The van der Waals surface area contributed by atoms with Crippen molar-refractivity contribution < 1.29 is 27.5 Å². The van der Waals surface area contributed by atoms with Crippen molar-refractivity contribution in [2.75, 3.05) is 6.61 Å². The van der Waals surface area contributed by atoms with Crippen LogP contribution >= 0.6 is 11.8 Å². The van der Waals surface area contributed by atoms with Gasteiger partial charge >= 0.3 is 12.1 Å². The summed E-state index contributed by atoms with van der Waals surface area (Å²) in [6, 6.07) is 4.74. The van der Waals surface area contributed by atoms with Crippen LogP contribution in [0.2, 0.25) is 0 Å². The van der Waals surface area contributed by atoms with Crippen LogP contribution in [0.4, 0.5) is 18.9 Å². The fourth-order valence-corrected chi connectivity index (χ4v) is 2.64. The zero-order valence-electron chi connectivity index (χ0n) is 12.0. The number of carbonyl (C=O) groups is 2. The van der Waals surface area contributed by atoms with E-state index < -0.39 is 28.9 Å². The van der Waals surface area contributed by atoms with Crippen LogP contribution in [0, 0.1) is 0 Å². The van der Waals surface area contributed by atoms with E-state index >= 15 is 0 Å². The van der Waals surface area contributed by atoms with Gasteiger partial charge in [0, 0.05) is 0 Å². The Morgan fingerprint density at radius 1 is 1.39 bits per heavy atom. The van der Waals surface area contributed by atoms with Gasteiger partial charge in [-0.05, 0) is 18.6 Å². The standard InChI is InChI=1S/C14H13F3N2O3S/c1-2-7-22-12(21)10-11(20)19-13(23-10)18-9-6-4-3-5-8(9)14(15,16)17/h3-6,10H,2,7H2,1H3,(H,18,19,20). The van der Waals surface area contributed by atoms with E-state index in [2.05, 4.69) is 10.3 Å². The number of carbonyl (C=O) groups excluding carboxylic acids is 2. The predicted molar refractivity (Wildman–Crippen MR) is 79.3 cm³/mol. The van der Waals surface area contributed by atoms with Gasteiger partial charge in [-0.1, -0.05) is 30.8 Å². The topological polar surface area (TPSA) is 67.8 Å². The van der Waals surface area contributed by atoms with Gasteiger partial charge in [-0.3, -0.25) is 9.59 Å². The molecule has 1 amide bonds. The SMILES string of the molecule is CCCOC(=O)C1SC(=Nc2ccccc2C(F)(F)F)NC1=O. The van der Waals surface area contributed by atoms with Gasteiger partial charge in [0.25, 0.3) is 5.91 Å². The lowest BCUT2D eigenvalue weighted by Crippen LogP contribution is -2.31. The number of ether oxygens (including phenoxy) is 1. The summed E-state index contributed by atoms with van der Waals surface area (Å²) in [5.41, 5.74) is -1.25. The molecule has 9 heteroatoms. The Morgan fingerprint density at radius 3 is 2.74 bits per heavy atom. The summed E-state index contributed by atoms with van der Waals surface area (Å²) < 4.78 is 43.6. The molecule has 1 unspecified atom stereocenters. The van der Waals surface area contributed by atoms with E-state index in [1.54, 1.807) is 6.92 Å². The van der Waals surface area contributed by atoms with Crippen molar-refractivity contribution in [3.8, 4) is 0 Å². The van der Waals surface area contributed by atoms with Crippen molar-refractivity contribution >= 4 is 34.5 Å². The molecule has 1 N–H and O–H groups in total. The number of esters is 1. The molecule has 1 aromatic carbocycles. The van der Waals surface area contributed by atoms with Crippen LogP contribution in [-0.2, 0) is 20.5 Å². The number of nitrogens with one attached hydrogen (secondary N) is 1. The van der Waals surface area contributed by atoms with Crippen molar-refractivity contribution in [1.29, 1.82) is 0 Å². The second kappa shape index (κ2) is 7.03. The first-order chi connectivity index (χ1) is 10.8. The third kappa shape index (κ3) is 4.25. The molecule has 0 bridgehead atoms. The molecule has 1 aliphatic rings. The molecule has 0 aliphatic carbocycles. The average Bonchev–Trinajstić information content (AvgIpc) is 2.85. The molecule has 1 heterocycles. The Morgan fingerprint density at radius 2 is 2.09 bits per heavy atom. The first-order valence-corrected chi connectivity index (χ1v) is 7.60. The van der Waals surface area contributed by atoms with E-state index in [1.807, 2.05) is 0 Å². The molecule has 124 valence electrons. The largest absolute Gasteiger partial charge is 0.464 e. The minimum Gasteiger partial charge on any atom is -0.464 e. The zero-order chi connectivity index (χ0) is 17.0. The van der Waals surface area contributed by atoms with Crippen LogP contribution in [0.3, 0.4) is 0 Å². The second-order valence-electron chi connectivity index (χ2n) is 4.59.